The van der Waals surface area contributed by atoms with Crippen molar-refractivity contribution in [3.05, 3.63) is 42.2 Å². The molecular weight excluding hydrogens is 378 g/mol. The maximum atomic E-state index is 13.7. The van der Waals surface area contributed by atoms with E-state index in [2.05, 4.69) is 30.2 Å². The van der Waals surface area contributed by atoms with Crippen LogP contribution in [0.25, 0.3) is 11.0 Å². The van der Waals surface area contributed by atoms with E-state index in [1.165, 1.54) is 24.5 Å². The highest BCUT2D eigenvalue weighted by molar-refractivity contribution is 5.88. The van der Waals surface area contributed by atoms with Crippen molar-refractivity contribution in [2.24, 2.45) is 5.92 Å². The fourth-order valence-corrected chi connectivity index (χ4v) is 4.38. The summed E-state index contributed by atoms with van der Waals surface area (Å²) in [5.41, 5.74) is 0.613. The van der Waals surface area contributed by atoms with E-state index < -0.39 is 5.82 Å². The maximum Gasteiger partial charge on any atom is 0.222 e. The zero-order valence-electron chi connectivity index (χ0n) is 15.9. The number of fused-ring (bicyclic) bond motifs is 2. The Labute approximate surface area is 166 Å². The van der Waals surface area contributed by atoms with Gasteiger partial charge in [-0.1, -0.05) is 5.16 Å². The topological polar surface area (TPSA) is 70.3 Å². The molecule has 3 aromatic rings. The number of halogens is 2. The second-order valence-corrected chi connectivity index (χ2v) is 7.79. The van der Waals surface area contributed by atoms with E-state index in [1.54, 1.807) is 6.07 Å². The second kappa shape index (κ2) is 7.55. The number of anilines is 2. The SMILES string of the molecule is Fc1cnc(NC[C@H]2CC[C@H]3CN(c4noc5ccc(F)cc45)CCN3C2)nc1. The Hall–Kier alpha value is -2.81. The molecule has 29 heavy (non-hydrogen) atoms. The number of hydrogen-bond acceptors (Lipinski definition) is 7. The van der Waals surface area contributed by atoms with Gasteiger partial charge in [-0.25, -0.2) is 18.7 Å². The molecule has 2 aliphatic rings. The number of nitrogens with zero attached hydrogens (tertiary/aromatic N) is 5. The van der Waals surface area contributed by atoms with Crippen molar-refractivity contribution in [3.63, 3.8) is 0 Å². The first-order valence-electron chi connectivity index (χ1n) is 9.91. The summed E-state index contributed by atoms with van der Waals surface area (Å²) in [5.74, 6) is 0.976. The van der Waals surface area contributed by atoms with Crippen LogP contribution in [-0.4, -0.2) is 58.8 Å². The molecule has 2 saturated heterocycles. The molecule has 0 saturated carbocycles. The molecule has 2 atom stereocenters. The van der Waals surface area contributed by atoms with Crippen LogP contribution in [0.3, 0.4) is 0 Å². The summed E-state index contributed by atoms with van der Waals surface area (Å²) in [7, 11) is 0. The van der Waals surface area contributed by atoms with Gasteiger partial charge in [0.15, 0.2) is 17.2 Å². The minimum absolute atomic E-state index is 0.279. The molecule has 7 nitrogen and oxygen atoms in total. The Balaban J connectivity index is 1.20. The Morgan fingerprint density at radius 3 is 2.79 bits per heavy atom. The van der Waals surface area contributed by atoms with Gasteiger partial charge in [-0.3, -0.25) is 4.90 Å². The standard InChI is InChI=1S/C20H22F2N6O/c21-14-2-4-18-17(7-14)19(26-29-18)28-6-5-27-11-13(1-3-16(27)12-28)8-23-20-24-9-15(22)10-25-20/h2,4,7,9-10,13,16H,1,3,5-6,8,11-12H2,(H,23,24,25)/t13-,16+/m1/s1. The van der Waals surface area contributed by atoms with E-state index in [-0.39, 0.29) is 5.82 Å². The Bertz CT molecular complexity index is 994. The smallest absolute Gasteiger partial charge is 0.222 e. The first-order chi connectivity index (χ1) is 14.2. The largest absolute Gasteiger partial charge is 0.354 e. The lowest BCUT2D eigenvalue weighted by Crippen LogP contribution is -2.57. The van der Waals surface area contributed by atoms with Gasteiger partial charge in [-0.05, 0) is 37.0 Å². The van der Waals surface area contributed by atoms with Gasteiger partial charge in [0.2, 0.25) is 5.95 Å². The van der Waals surface area contributed by atoms with Crippen molar-refractivity contribution < 1.29 is 13.3 Å². The van der Waals surface area contributed by atoms with Gasteiger partial charge in [0.25, 0.3) is 0 Å². The van der Waals surface area contributed by atoms with E-state index in [0.29, 0.717) is 23.5 Å². The lowest BCUT2D eigenvalue weighted by Gasteiger charge is -2.46. The lowest BCUT2D eigenvalue weighted by atomic mass is 9.91. The van der Waals surface area contributed by atoms with Crippen molar-refractivity contribution >= 4 is 22.7 Å². The van der Waals surface area contributed by atoms with Crippen molar-refractivity contribution in [2.75, 3.05) is 42.9 Å². The molecular formula is C20H22F2N6O. The Morgan fingerprint density at radius 2 is 1.93 bits per heavy atom. The zero-order valence-corrected chi connectivity index (χ0v) is 15.9. The molecule has 0 unspecified atom stereocenters. The van der Waals surface area contributed by atoms with Gasteiger partial charge in [0.1, 0.15) is 5.82 Å². The first kappa shape index (κ1) is 18.2. The number of piperazine rings is 1. The molecule has 1 aromatic carbocycles. The van der Waals surface area contributed by atoms with Crippen LogP contribution >= 0.6 is 0 Å². The molecule has 0 radical (unpaired) electrons. The molecule has 4 heterocycles. The van der Waals surface area contributed by atoms with E-state index in [0.717, 1.165) is 56.8 Å². The summed E-state index contributed by atoms with van der Waals surface area (Å²) in [4.78, 5) is 12.6. The van der Waals surface area contributed by atoms with Gasteiger partial charge in [0, 0.05) is 38.8 Å². The predicted octanol–water partition coefficient (Wildman–Crippen LogP) is 2.91. The van der Waals surface area contributed by atoms with Crippen LogP contribution in [-0.2, 0) is 0 Å². The van der Waals surface area contributed by atoms with Crippen molar-refractivity contribution in [3.8, 4) is 0 Å². The van der Waals surface area contributed by atoms with E-state index in [4.69, 9.17) is 4.52 Å². The summed E-state index contributed by atoms with van der Waals surface area (Å²) < 4.78 is 31.9. The Kier molecular flexibility index (Phi) is 4.75. The van der Waals surface area contributed by atoms with Gasteiger partial charge < -0.3 is 14.7 Å². The first-order valence-corrected chi connectivity index (χ1v) is 9.91. The van der Waals surface area contributed by atoms with Gasteiger partial charge in [-0.15, -0.1) is 0 Å². The molecule has 9 heteroatoms. The summed E-state index contributed by atoms with van der Waals surface area (Å²) in [6.45, 7) is 4.39. The highest BCUT2D eigenvalue weighted by Crippen LogP contribution is 2.31. The third-order valence-electron chi connectivity index (χ3n) is 5.89. The maximum absolute atomic E-state index is 13.7. The molecule has 0 spiro atoms. The van der Waals surface area contributed by atoms with Gasteiger partial charge >= 0.3 is 0 Å². The highest BCUT2D eigenvalue weighted by atomic mass is 19.1. The van der Waals surface area contributed by atoms with Crippen molar-refractivity contribution in [1.29, 1.82) is 0 Å². The third kappa shape index (κ3) is 3.74. The molecule has 0 amide bonds. The number of benzene rings is 1. The lowest BCUT2D eigenvalue weighted by molar-refractivity contribution is 0.0994. The quantitative estimate of drug-likeness (QED) is 0.722. The number of aromatic nitrogens is 3. The summed E-state index contributed by atoms with van der Waals surface area (Å²) in [6.07, 6.45) is 4.52. The number of piperidine rings is 1. The van der Waals surface area contributed by atoms with Crippen LogP contribution in [0.2, 0.25) is 0 Å². The molecule has 1 N–H and O–H groups in total. The minimum atomic E-state index is -0.434. The molecule has 2 fully saturated rings. The van der Waals surface area contributed by atoms with Crippen LogP contribution < -0.4 is 10.2 Å². The zero-order chi connectivity index (χ0) is 19.8. The summed E-state index contributed by atoms with van der Waals surface area (Å²) >= 11 is 0. The predicted molar refractivity (Wildman–Crippen MR) is 105 cm³/mol. The average Bonchev–Trinajstić information content (AvgIpc) is 3.16. The van der Waals surface area contributed by atoms with Crippen LogP contribution in [0.4, 0.5) is 20.5 Å². The van der Waals surface area contributed by atoms with Crippen LogP contribution in [0.1, 0.15) is 12.8 Å². The number of rotatable bonds is 4. The van der Waals surface area contributed by atoms with E-state index in [9.17, 15) is 8.78 Å². The Morgan fingerprint density at radius 1 is 1.07 bits per heavy atom. The molecule has 2 aliphatic heterocycles. The molecule has 0 bridgehead atoms. The molecule has 2 aromatic heterocycles. The van der Waals surface area contributed by atoms with Crippen LogP contribution in [0.5, 0.6) is 0 Å². The van der Waals surface area contributed by atoms with Crippen molar-refractivity contribution in [2.45, 2.75) is 18.9 Å². The summed E-state index contributed by atoms with van der Waals surface area (Å²) in [6, 6.07) is 4.96. The third-order valence-corrected chi connectivity index (χ3v) is 5.89. The second-order valence-electron chi connectivity index (χ2n) is 7.79. The fourth-order valence-electron chi connectivity index (χ4n) is 4.38. The number of hydrogen-bond donors (Lipinski definition) is 1. The highest BCUT2D eigenvalue weighted by Gasteiger charge is 2.34. The molecule has 152 valence electrons. The van der Waals surface area contributed by atoms with Crippen LogP contribution in [0.15, 0.2) is 35.1 Å². The van der Waals surface area contributed by atoms with Gasteiger partial charge in [0.05, 0.1) is 17.8 Å². The average molecular weight is 400 g/mol. The normalized spacial score (nSPS) is 22.6. The molecule has 0 aliphatic carbocycles. The van der Waals surface area contributed by atoms with Crippen molar-refractivity contribution in [1.82, 2.24) is 20.0 Å². The fraction of sp³-hybridized carbons (Fsp3) is 0.450. The van der Waals surface area contributed by atoms with Gasteiger partial charge in [-0.2, -0.15) is 0 Å². The molecule has 5 rings (SSSR count). The summed E-state index contributed by atoms with van der Waals surface area (Å²) in [5, 5.41) is 8.14. The monoisotopic (exact) mass is 400 g/mol. The number of nitrogens with one attached hydrogen (secondary N) is 1. The van der Waals surface area contributed by atoms with E-state index >= 15 is 0 Å². The minimum Gasteiger partial charge on any atom is -0.354 e. The van der Waals surface area contributed by atoms with E-state index in [1.807, 2.05) is 0 Å². The van der Waals surface area contributed by atoms with Crippen LogP contribution in [0, 0.1) is 17.6 Å².